The first-order valence-corrected chi connectivity index (χ1v) is 8.19. The van der Waals surface area contributed by atoms with Crippen LogP contribution in [0.15, 0.2) is 67.2 Å². The second-order valence-electron chi connectivity index (χ2n) is 6.45. The van der Waals surface area contributed by atoms with Crippen LogP contribution in [0.3, 0.4) is 0 Å². The van der Waals surface area contributed by atoms with Crippen molar-refractivity contribution in [3.05, 3.63) is 95.1 Å². The lowest BCUT2D eigenvalue weighted by Gasteiger charge is -2.14. The first kappa shape index (κ1) is 16.1. The molecule has 3 aromatic carbocycles. The molecule has 0 aromatic heterocycles. The Balaban J connectivity index is 2.07. The van der Waals surface area contributed by atoms with Gasteiger partial charge in [-0.15, -0.1) is 0 Å². The normalized spacial score (nSPS) is 10.6. The number of nitrogen functional groups attached to an aromatic ring is 1. The monoisotopic (exact) mass is 313 g/mol. The maximum Gasteiger partial charge on any atom is 0.0320 e. The summed E-state index contributed by atoms with van der Waals surface area (Å²) in [5, 5.41) is 0. The topological polar surface area (TPSA) is 26.0 Å². The molecule has 1 nitrogen and oxygen atoms in total. The number of rotatable bonds is 3. The lowest BCUT2D eigenvalue weighted by molar-refractivity contribution is 1.39. The minimum absolute atomic E-state index is 0.790. The van der Waals surface area contributed by atoms with Crippen LogP contribution in [0.1, 0.15) is 27.8 Å². The quantitative estimate of drug-likeness (QED) is 0.596. The molecule has 0 fully saturated rings. The van der Waals surface area contributed by atoms with Gasteiger partial charge >= 0.3 is 0 Å². The van der Waals surface area contributed by atoms with Crippen LogP contribution in [0.4, 0.5) is 5.69 Å². The fraction of sp³-hybridized carbons (Fsp3) is 0.130. The van der Waals surface area contributed by atoms with Gasteiger partial charge in [0.1, 0.15) is 0 Å². The van der Waals surface area contributed by atoms with Crippen molar-refractivity contribution in [2.75, 3.05) is 5.73 Å². The van der Waals surface area contributed by atoms with Crippen LogP contribution in [0.25, 0.3) is 16.7 Å². The third-order valence-electron chi connectivity index (χ3n) is 4.54. The average Bonchev–Trinajstić information content (AvgIpc) is 2.58. The highest BCUT2D eigenvalue weighted by Gasteiger charge is 2.09. The summed E-state index contributed by atoms with van der Waals surface area (Å²) in [6.07, 6.45) is 0. The highest BCUT2D eigenvalue weighted by Crippen LogP contribution is 2.32. The van der Waals surface area contributed by atoms with Gasteiger partial charge in [0, 0.05) is 5.69 Å². The zero-order valence-corrected chi connectivity index (χ0v) is 14.6. The standard InChI is InChI=1S/C23H23N/c1-15-5-9-19(10-6-15)18(4)20-11-7-16(2)22(13-20)23-14-21(24)12-8-17(23)3/h5-14H,4,24H2,1-3H3. The molecule has 0 heterocycles. The minimum Gasteiger partial charge on any atom is -0.399 e. The van der Waals surface area contributed by atoms with Gasteiger partial charge in [-0.3, -0.25) is 0 Å². The first-order valence-electron chi connectivity index (χ1n) is 8.19. The summed E-state index contributed by atoms with van der Waals surface area (Å²) in [6.45, 7) is 10.7. The third kappa shape index (κ3) is 3.11. The molecule has 1 heteroatoms. The Morgan fingerprint density at radius 1 is 0.708 bits per heavy atom. The van der Waals surface area contributed by atoms with Crippen molar-refractivity contribution < 1.29 is 0 Å². The van der Waals surface area contributed by atoms with Crippen molar-refractivity contribution in [2.45, 2.75) is 20.8 Å². The number of hydrogen-bond donors (Lipinski definition) is 1. The van der Waals surface area contributed by atoms with Crippen LogP contribution < -0.4 is 5.73 Å². The van der Waals surface area contributed by atoms with Gasteiger partial charge in [-0.1, -0.05) is 54.6 Å². The molecule has 0 bridgehead atoms. The molecule has 0 saturated carbocycles. The van der Waals surface area contributed by atoms with Gasteiger partial charge < -0.3 is 5.73 Å². The van der Waals surface area contributed by atoms with E-state index in [-0.39, 0.29) is 0 Å². The number of aryl methyl sites for hydroxylation is 3. The van der Waals surface area contributed by atoms with Crippen molar-refractivity contribution in [1.82, 2.24) is 0 Å². The Hall–Kier alpha value is -2.80. The minimum atomic E-state index is 0.790. The number of anilines is 1. The Morgan fingerprint density at radius 3 is 1.92 bits per heavy atom. The maximum absolute atomic E-state index is 6.00. The molecule has 0 radical (unpaired) electrons. The molecule has 120 valence electrons. The molecule has 0 unspecified atom stereocenters. The summed E-state index contributed by atoms with van der Waals surface area (Å²) in [5.74, 6) is 0. The Kier molecular flexibility index (Phi) is 4.26. The van der Waals surface area contributed by atoms with E-state index in [9.17, 15) is 0 Å². The van der Waals surface area contributed by atoms with E-state index in [1.807, 2.05) is 6.07 Å². The molecule has 3 rings (SSSR count). The van der Waals surface area contributed by atoms with Crippen LogP contribution in [0.2, 0.25) is 0 Å². The molecule has 0 saturated heterocycles. The van der Waals surface area contributed by atoms with E-state index >= 15 is 0 Å². The molecule has 0 aliphatic rings. The van der Waals surface area contributed by atoms with Gasteiger partial charge in [-0.25, -0.2) is 0 Å². The van der Waals surface area contributed by atoms with E-state index < -0.39 is 0 Å². The average molecular weight is 313 g/mol. The number of nitrogens with two attached hydrogens (primary N) is 1. The van der Waals surface area contributed by atoms with Gasteiger partial charge in [-0.05, 0) is 77.9 Å². The van der Waals surface area contributed by atoms with Gasteiger partial charge in [0.2, 0.25) is 0 Å². The summed E-state index contributed by atoms with van der Waals surface area (Å²) in [4.78, 5) is 0. The van der Waals surface area contributed by atoms with Crippen molar-refractivity contribution in [2.24, 2.45) is 0 Å². The van der Waals surface area contributed by atoms with Crippen molar-refractivity contribution in [3.8, 4) is 11.1 Å². The predicted molar refractivity (Wildman–Crippen MR) is 105 cm³/mol. The smallest absolute Gasteiger partial charge is 0.0320 e. The molecule has 0 spiro atoms. The Bertz CT molecular complexity index is 902. The predicted octanol–water partition coefficient (Wildman–Crippen LogP) is 5.92. The Morgan fingerprint density at radius 2 is 1.25 bits per heavy atom. The fourth-order valence-corrected chi connectivity index (χ4v) is 2.95. The molecular formula is C23H23N. The van der Waals surface area contributed by atoms with Gasteiger partial charge in [0.25, 0.3) is 0 Å². The van der Waals surface area contributed by atoms with Crippen LogP contribution in [-0.2, 0) is 0 Å². The number of benzene rings is 3. The lowest BCUT2D eigenvalue weighted by Crippen LogP contribution is -1.93. The van der Waals surface area contributed by atoms with Gasteiger partial charge in [0.15, 0.2) is 0 Å². The fourth-order valence-electron chi connectivity index (χ4n) is 2.95. The molecule has 3 aromatic rings. The van der Waals surface area contributed by atoms with E-state index in [0.29, 0.717) is 0 Å². The summed E-state index contributed by atoms with van der Waals surface area (Å²) in [7, 11) is 0. The van der Waals surface area contributed by atoms with E-state index in [1.165, 1.54) is 27.8 Å². The molecule has 0 aliphatic heterocycles. The van der Waals surface area contributed by atoms with Crippen molar-refractivity contribution >= 4 is 11.3 Å². The summed E-state index contributed by atoms with van der Waals surface area (Å²) >= 11 is 0. The summed E-state index contributed by atoms with van der Waals surface area (Å²) in [5.41, 5.74) is 16.2. The second-order valence-corrected chi connectivity index (χ2v) is 6.45. The molecule has 2 N–H and O–H groups in total. The molecular weight excluding hydrogens is 290 g/mol. The summed E-state index contributed by atoms with van der Waals surface area (Å²) < 4.78 is 0. The Labute approximate surface area is 144 Å². The van der Waals surface area contributed by atoms with E-state index in [0.717, 1.165) is 22.4 Å². The van der Waals surface area contributed by atoms with Crippen LogP contribution >= 0.6 is 0 Å². The first-order chi connectivity index (χ1) is 11.5. The molecule has 0 aliphatic carbocycles. The van der Waals surface area contributed by atoms with Gasteiger partial charge in [-0.2, -0.15) is 0 Å². The lowest BCUT2D eigenvalue weighted by atomic mass is 9.91. The largest absolute Gasteiger partial charge is 0.399 e. The van der Waals surface area contributed by atoms with Crippen molar-refractivity contribution in [3.63, 3.8) is 0 Å². The summed E-state index contributed by atoms with van der Waals surface area (Å²) in [6, 6.07) is 21.1. The highest BCUT2D eigenvalue weighted by molar-refractivity contribution is 5.83. The molecule has 0 atom stereocenters. The number of hydrogen-bond acceptors (Lipinski definition) is 1. The van der Waals surface area contributed by atoms with E-state index in [1.54, 1.807) is 0 Å². The van der Waals surface area contributed by atoms with Gasteiger partial charge in [0.05, 0.1) is 0 Å². The highest BCUT2D eigenvalue weighted by atomic mass is 14.5. The van der Waals surface area contributed by atoms with Crippen LogP contribution in [0, 0.1) is 20.8 Å². The second kappa shape index (κ2) is 6.37. The molecule has 24 heavy (non-hydrogen) atoms. The van der Waals surface area contributed by atoms with E-state index in [2.05, 4.69) is 81.9 Å². The maximum atomic E-state index is 6.00. The SMILES string of the molecule is C=C(c1ccc(C)cc1)c1ccc(C)c(-c2cc(N)ccc2C)c1. The zero-order valence-electron chi connectivity index (χ0n) is 14.6. The van der Waals surface area contributed by atoms with Crippen molar-refractivity contribution in [1.29, 1.82) is 0 Å². The van der Waals surface area contributed by atoms with E-state index in [4.69, 9.17) is 5.73 Å². The molecule has 0 amide bonds. The van der Waals surface area contributed by atoms with Crippen LogP contribution in [-0.4, -0.2) is 0 Å². The van der Waals surface area contributed by atoms with Crippen LogP contribution in [0.5, 0.6) is 0 Å². The zero-order chi connectivity index (χ0) is 17.3. The third-order valence-corrected chi connectivity index (χ3v) is 4.54.